The van der Waals surface area contributed by atoms with Crippen molar-refractivity contribution in [3.63, 3.8) is 0 Å². The normalized spacial score (nSPS) is 16.4. The van der Waals surface area contributed by atoms with Crippen LogP contribution in [0, 0.1) is 0 Å². The highest BCUT2D eigenvalue weighted by Crippen LogP contribution is 2.38. The van der Waals surface area contributed by atoms with Gasteiger partial charge in [0.2, 0.25) is 0 Å². The van der Waals surface area contributed by atoms with E-state index in [9.17, 15) is 13.2 Å². The molecule has 0 bridgehead atoms. The Bertz CT molecular complexity index is 868. The molecule has 0 aromatic heterocycles. The van der Waals surface area contributed by atoms with E-state index in [1.807, 2.05) is 23.1 Å². The average Bonchev–Trinajstić information content (AvgIpc) is 2.74. The molecule has 2 aromatic rings. The van der Waals surface area contributed by atoms with Crippen molar-refractivity contribution >= 4 is 21.6 Å². The van der Waals surface area contributed by atoms with Crippen LogP contribution in [0.4, 0.5) is 18.9 Å². The van der Waals surface area contributed by atoms with Crippen molar-refractivity contribution in [3.8, 4) is 11.5 Å². The maximum atomic E-state index is 13.2. The largest absolute Gasteiger partial charge is 0.493 e. The smallest absolute Gasteiger partial charge is 0.417 e. The van der Waals surface area contributed by atoms with Crippen LogP contribution in [0.3, 0.4) is 0 Å². The number of methoxy groups -OCH3 is 2. The average molecular weight is 487 g/mol. The topological polar surface area (TPSA) is 24.9 Å². The molecule has 0 amide bonds. The van der Waals surface area contributed by atoms with E-state index in [4.69, 9.17) is 9.47 Å². The quantitative estimate of drug-likeness (QED) is 0.518. The monoisotopic (exact) mass is 486 g/mol. The zero-order valence-electron chi connectivity index (χ0n) is 17.3. The van der Waals surface area contributed by atoms with E-state index in [1.165, 1.54) is 12.1 Å². The van der Waals surface area contributed by atoms with Crippen LogP contribution < -0.4 is 14.4 Å². The maximum absolute atomic E-state index is 13.2. The Morgan fingerprint density at radius 2 is 1.63 bits per heavy atom. The van der Waals surface area contributed by atoms with E-state index in [1.54, 1.807) is 20.3 Å². The minimum Gasteiger partial charge on any atom is -0.493 e. The molecule has 1 fully saturated rings. The van der Waals surface area contributed by atoms with Gasteiger partial charge in [-0.15, -0.1) is 0 Å². The molecule has 1 atom stereocenters. The van der Waals surface area contributed by atoms with E-state index in [0.29, 0.717) is 30.3 Å². The third kappa shape index (κ3) is 4.86. The number of ether oxygens (including phenoxy) is 2. The summed E-state index contributed by atoms with van der Waals surface area (Å²) < 4.78 is 50.5. The lowest BCUT2D eigenvalue weighted by Crippen LogP contribution is -2.47. The number of anilines is 1. The Balaban J connectivity index is 1.73. The second kappa shape index (κ2) is 9.47. The third-order valence-corrected chi connectivity index (χ3v) is 6.25. The van der Waals surface area contributed by atoms with Gasteiger partial charge in [0.25, 0.3) is 0 Å². The van der Waals surface area contributed by atoms with Crippen LogP contribution >= 0.6 is 15.9 Å². The summed E-state index contributed by atoms with van der Waals surface area (Å²) in [4.78, 5) is 4.39. The molecular weight excluding hydrogens is 461 g/mol. The number of hydrogen-bond donors (Lipinski definition) is 0. The predicted molar refractivity (Wildman–Crippen MR) is 116 cm³/mol. The van der Waals surface area contributed by atoms with Crippen molar-refractivity contribution in [2.24, 2.45) is 0 Å². The number of hydrogen-bond acceptors (Lipinski definition) is 4. The molecule has 1 saturated heterocycles. The van der Waals surface area contributed by atoms with Gasteiger partial charge in [-0.1, -0.05) is 28.9 Å². The van der Waals surface area contributed by atoms with Crippen LogP contribution in [0.2, 0.25) is 0 Å². The molecule has 0 radical (unpaired) electrons. The lowest BCUT2D eigenvalue weighted by molar-refractivity contribution is -0.138. The summed E-state index contributed by atoms with van der Waals surface area (Å²) in [7, 11) is 3.23. The van der Waals surface area contributed by atoms with Crippen molar-refractivity contribution in [2.75, 3.05) is 45.3 Å². The molecule has 4 nitrogen and oxygen atoms in total. The Labute approximate surface area is 183 Å². The first kappa shape index (κ1) is 22.7. The zero-order chi connectivity index (χ0) is 21.9. The van der Waals surface area contributed by atoms with E-state index < -0.39 is 11.7 Å². The van der Waals surface area contributed by atoms with Crippen LogP contribution in [0.1, 0.15) is 30.5 Å². The Morgan fingerprint density at radius 1 is 0.967 bits per heavy atom. The predicted octanol–water partition coefficient (Wildman–Crippen LogP) is 5.76. The molecule has 30 heavy (non-hydrogen) atoms. The van der Waals surface area contributed by atoms with Gasteiger partial charge in [-0.3, -0.25) is 4.90 Å². The van der Waals surface area contributed by atoms with Gasteiger partial charge in [0.05, 0.1) is 19.8 Å². The van der Waals surface area contributed by atoms with Gasteiger partial charge < -0.3 is 14.4 Å². The number of piperazine rings is 1. The molecule has 3 rings (SSSR count). The molecule has 2 aromatic carbocycles. The number of nitrogens with zero attached hydrogens (tertiary/aromatic N) is 2. The minimum atomic E-state index is -4.38. The molecule has 8 heteroatoms. The molecule has 1 aliphatic rings. The summed E-state index contributed by atoms with van der Waals surface area (Å²) in [6, 6.07) is 10.6. The molecular formula is C22H26BrF3N2O2. The van der Waals surface area contributed by atoms with E-state index >= 15 is 0 Å². The van der Waals surface area contributed by atoms with Crippen LogP contribution in [0.25, 0.3) is 0 Å². The van der Waals surface area contributed by atoms with Crippen LogP contribution in [0.15, 0.2) is 40.9 Å². The second-order valence-corrected chi connectivity index (χ2v) is 8.08. The van der Waals surface area contributed by atoms with Gasteiger partial charge in [-0.2, -0.15) is 13.2 Å². The molecule has 1 heterocycles. The fourth-order valence-electron chi connectivity index (χ4n) is 3.98. The van der Waals surface area contributed by atoms with E-state index in [2.05, 4.69) is 27.8 Å². The first-order chi connectivity index (χ1) is 14.3. The zero-order valence-corrected chi connectivity index (χ0v) is 18.9. The molecule has 1 aliphatic heterocycles. The minimum absolute atomic E-state index is 0.0666. The van der Waals surface area contributed by atoms with Crippen molar-refractivity contribution < 1.29 is 22.6 Å². The summed E-state index contributed by atoms with van der Waals surface area (Å²) in [5, 5.41) is 0. The fourth-order valence-corrected chi connectivity index (χ4v) is 4.46. The molecule has 164 valence electrons. The van der Waals surface area contributed by atoms with Crippen molar-refractivity contribution in [1.29, 1.82) is 0 Å². The van der Waals surface area contributed by atoms with Gasteiger partial charge in [-0.25, -0.2) is 0 Å². The highest BCUT2D eigenvalue weighted by Gasteiger charge is 2.34. The molecule has 0 saturated carbocycles. The second-order valence-electron chi connectivity index (χ2n) is 7.22. The molecule has 1 unspecified atom stereocenters. The highest BCUT2D eigenvalue weighted by molar-refractivity contribution is 9.10. The standard InChI is InChI=1S/C22H26BrF3N2O2/c1-4-19(15-5-8-20(29-2)21(13-15)30-3)28-11-9-27(10-12-28)16-6-7-18(23)17(14-16)22(24,25)26/h5-8,13-14,19H,4,9-12H2,1-3H3. The molecule has 0 N–H and O–H groups in total. The maximum Gasteiger partial charge on any atom is 0.417 e. The highest BCUT2D eigenvalue weighted by atomic mass is 79.9. The van der Waals surface area contributed by atoms with Crippen LogP contribution in [-0.4, -0.2) is 45.3 Å². The lowest BCUT2D eigenvalue weighted by Gasteiger charge is -2.40. The van der Waals surface area contributed by atoms with Gasteiger partial charge in [-0.05, 0) is 42.3 Å². The number of benzene rings is 2. The first-order valence-electron chi connectivity index (χ1n) is 9.86. The van der Waals surface area contributed by atoms with Crippen molar-refractivity contribution in [1.82, 2.24) is 4.90 Å². The molecule has 0 spiro atoms. The summed E-state index contributed by atoms with van der Waals surface area (Å²) in [6.07, 6.45) is -3.45. The Kier molecular flexibility index (Phi) is 7.18. The third-order valence-electron chi connectivity index (χ3n) is 5.55. The van der Waals surface area contributed by atoms with Crippen molar-refractivity contribution in [2.45, 2.75) is 25.6 Å². The van der Waals surface area contributed by atoms with Gasteiger partial charge in [0.15, 0.2) is 11.5 Å². The number of rotatable bonds is 6. The van der Waals surface area contributed by atoms with Crippen molar-refractivity contribution in [3.05, 3.63) is 52.0 Å². The van der Waals surface area contributed by atoms with Crippen LogP contribution in [-0.2, 0) is 6.18 Å². The Hall–Kier alpha value is -1.93. The lowest BCUT2D eigenvalue weighted by atomic mass is 10.0. The fraction of sp³-hybridized carbons (Fsp3) is 0.455. The molecule has 0 aliphatic carbocycles. The summed E-state index contributed by atoms with van der Waals surface area (Å²) in [5.41, 5.74) is 1.11. The van der Waals surface area contributed by atoms with Gasteiger partial charge >= 0.3 is 6.18 Å². The number of halogens is 4. The summed E-state index contributed by atoms with van der Waals surface area (Å²) >= 11 is 3.01. The van der Waals surface area contributed by atoms with Gasteiger partial charge in [0, 0.05) is 42.4 Å². The SMILES string of the molecule is CCC(c1ccc(OC)c(OC)c1)N1CCN(c2ccc(Br)c(C(F)(F)F)c2)CC1. The van der Waals surface area contributed by atoms with Gasteiger partial charge in [0.1, 0.15) is 0 Å². The summed E-state index contributed by atoms with van der Waals surface area (Å²) in [6.45, 7) is 5.01. The first-order valence-corrected chi connectivity index (χ1v) is 10.7. The van der Waals surface area contributed by atoms with E-state index in [0.717, 1.165) is 25.1 Å². The number of alkyl halides is 3. The Morgan fingerprint density at radius 3 is 2.20 bits per heavy atom. The summed E-state index contributed by atoms with van der Waals surface area (Å²) in [5.74, 6) is 1.39. The van der Waals surface area contributed by atoms with E-state index in [-0.39, 0.29) is 10.5 Å². The van der Waals surface area contributed by atoms with Crippen LogP contribution in [0.5, 0.6) is 11.5 Å².